The van der Waals surface area contributed by atoms with Gasteiger partial charge in [-0.15, -0.1) is 0 Å². The monoisotopic (exact) mass is 294 g/mol. The second-order valence-electron chi connectivity index (χ2n) is 4.41. The van der Waals surface area contributed by atoms with E-state index < -0.39 is 26.7 Å². The number of rotatable bonds is 2. The number of hydrogen-bond donors (Lipinski definition) is 1. The normalized spacial score (nSPS) is 21.8. The Morgan fingerprint density at radius 3 is 2.42 bits per heavy atom. The summed E-state index contributed by atoms with van der Waals surface area (Å²) in [5.74, 6) is 0. The van der Waals surface area contributed by atoms with Crippen LogP contribution < -0.4 is 5.73 Å². The van der Waals surface area contributed by atoms with Gasteiger partial charge in [-0.2, -0.15) is 17.5 Å². The summed E-state index contributed by atoms with van der Waals surface area (Å²) < 4.78 is 63.9. The zero-order valence-electron chi connectivity index (χ0n) is 9.89. The van der Waals surface area contributed by atoms with Crippen LogP contribution in [0, 0.1) is 0 Å². The minimum absolute atomic E-state index is 0.0501. The van der Waals surface area contributed by atoms with E-state index in [0.29, 0.717) is 6.42 Å². The van der Waals surface area contributed by atoms with Crippen LogP contribution in [0.4, 0.5) is 13.2 Å². The minimum Gasteiger partial charge on any atom is -0.326 e. The Labute approximate surface area is 109 Å². The van der Waals surface area contributed by atoms with Crippen LogP contribution in [0.3, 0.4) is 0 Å². The topological polar surface area (TPSA) is 63.4 Å². The summed E-state index contributed by atoms with van der Waals surface area (Å²) in [6.07, 6.45) is -4.25. The van der Waals surface area contributed by atoms with E-state index in [-0.39, 0.29) is 19.1 Å². The van der Waals surface area contributed by atoms with Gasteiger partial charge in [0.15, 0.2) is 0 Å². The Morgan fingerprint density at radius 2 is 1.89 bits per heavy atom. The number of alkyl halides is 3. The van der Waals surface area contributed by atoms with E-state index in [1.54, 1.807) is 0 Å². The van der Waals surface area contributed by atoms with Gasteiger partial charge in [0.25, 0.3) is 0 Å². The Morgan fingerprint density at radius 1 is 1.26 bits per heavy atom. The number of nitrogens with two attached hydrogens (primary N) is 1. The molecule has 1 aliphatic rings. The minimum atomic E-state index is -4.70. The Hall–Kier alpha value is -1.12. The summed E-state index contributed by atoms with van der Waals surface area (Å²) >= 11 is 0. The molecule has 0 aromatic heterocycles. The second kappa shape index (κ2) is 4.77. The lowest BCUT2D eigenvalue weighted by molar-refractivity contribution is -0.139. The van der Waals surface area contributed by atoms with E-state index in [1.165, 1.54) is 6.07 Å². The molecule has 0 aliphatic carbocycles. The molecule has 106 valence electrons. The molecule has 1 fully saturated rings. The Bertz CT molecular complexity index is 572. The average Bonchev–Trinajstić information content (AvgIpc) is 2.75. The number of sulfonamides is 1. The SMILES string of the molecule is N[C@@H]1CCN(S(=O)(=O)c2ccccc2C(F)(F)F)C1. The van der Waals surface area contributed by atoms with Crippen LogP contribution in [-0.4, -0.2) is 31.9 Å². The predicted molar refractivity (Wildman–Crippen MR) is 62.8 cm³/mol. The first kappa shape index (κ1) is 14.3. The lowest BCUT2D eigenvalue weighted by Gasteiger charge is -2.19. The van der Waals surface area contributed by atoms with Crippen LogP contribution in [0.1, 0.15) is 12.0 Å². The molecule has 2 rings (SSSR count). The highest BCUT2D eigenvalue weighted by molar-refractivity contribution is 7.89. The number of benzene rings is 1. The maximum Gasteiger partial charge on any atom is 0.417 e. The molecule has 2 N–H and O–H groups in total. The average molecular weight is 294 g/mol. The highest BCUT2D eigenvalue weighted by Gasteiger charge is 2.40. The first-order chi connectivity index (χ1) is 8.73. The third-order valence-corrected chi connectivity index (χ3v) is 4.92. The predicted octanol–water partition coefficient (Wildman–Crippen LogP) is 1.43. The van der Waals surface area contributed by atoms with E-state index in [0.717, 1.165) is 22.5 Å². The molecule has 1 aromatic rings. The fourth-order valence-electron chi connectivity index (χ4n) is 2.04. The zero-order chi connectivity index (χ0) is 14.3. The maximum absolute atomic E-state index is 12.8. The lowest BCUT2D eigenvalue weighted by atomic mass is 10.2. The van der Waals surface area contributed by atoms with Gasteiger partial charge in [0.2, 0.25) is 10.0 Å². The van der Waals surface area contributed by atoms with Crippen molar-refractivity contribution in [2.24, 2.45) is 5.73 Å². The molecule has 19 heavy (non-hydrogen) atoms. The van der Waals surface area contributed by atoms with Crippen LogP contribution in [0.5, 0.6) is 0 Å². The fraction of sp³-hybridized carbons (Fsp3) is 0.455. The number of nitrogens with zero attached hydrogens (tertiary/aromatic N) is 1. The third-order valence-electron chi connectivity index (χ3n) is 3.00. The standard InChI is InChI=1S/C11H13F3N2O2S/c12-11(13,14)9-3-1-2-4-10(9)19(17,18)16-6-5-8(15)7-16/h1-4,8H,5-7,15H2/t8-/m1/s1. The molecule has 0 radical (unpaired) electrons. The molecule has 0 bridgehead atoms. The molecule has 1 heterocycles. The summed E-state index contributed by atoms with van der Waals surface area (Å²) in [4.78, 5) is -0.711. The van der Waals surface area contributed by atoms with Gasteiger partial charge in [-0.3, -0.25) is 0 Å². The van der Waals surface area contributed by atoms with Crippen LogP contribution in [-0.2, 0) is 16.2 Å². The molecule has 8 heteroatoms. The number of halogens is 3. The summed E-state index contributed by atoms with van der Waals surface area (Å²) in [5.41, 5.74) is 4.45. The van der Waals surface area contributed by atoms with Gasteiger partial charge in [-0.05, 0) is 18.6 Å². The summed E-state index contributed by atoms with van der Waals surface area (Å²) in [6.45, 7) is 0.199. The van der Waals surface area contributed by atoms with Gasteiger partial charge in [-0.1, -0.05) is 12.1 Å². The van der Waals surface area contributed by atoms with E-state index in [2.05, 4.69) is 0 Å². The zero-order valence-corrected chi connectivity index (χ0v) is 10.7. The van der Waals surface area contributed by atoms with Crippen molar-refractivity contribution >= 4 is 10.0 Å². The van der Waals surface area contributed by atoms with Crippen molar-refractivity contribution in [3.8, 4) is 0 Å². The van der Waals surface area contributed by atoms with Gasteiger partial charge >= 0.3 is 6.18 Å². The highest BCUT2D eigenvalue weighted by atomic mass is 32.2. The van der Waals surface area contributed by atoms with Gasteiger partial charge in [0, 0.05) is 19.1 Å². The molecule has 1 saturated heterocycles. The van der Waals surface area contributed by atoms with Crippen LogP contribution in [0.15, 0.2) is 29.2 Å². The molecule has 1 atom stereocenters. The third kappa shape index (κ3) is 2.75. The fourth-order valence-corrected chi connectivity index (χ4v) is 3.76. The van der Waals surface area contributed by atoms with Crippen molar-refractivity contribution < 1.29 is 21.6 Å². The van der Waals surface area contributed by atoms with Crippen molar-refractivity contribution in [2.75, 3.05) is 13.1 Å². The molecule has 0 amide bonds. The van der Waals surface area contributed by atoms with Crippen LogP contribution in [0.2, 0.25) is 0 Å². The summed E-state index contributed by atoms with van der Waals surface area (Å²) in [7, 11) is -4.15. The van der Waals surface area contributed by atoms with Crippen molar-refractivity contribution in [3.05, 3.63) is 29.8 Å². The maximum atomic E-state index is 12.8. The lowest BCUT2D eigenvalue weighted by Crippen LogP contribution is -2.33. The molecule has 1 aliphatic heterocycles. The van der Waals surface area contributed by atoms with E-state index in [9.17, 15) is 21.6 Å². The van der Waals surface area contributed by atoms with E-state index in [1.807, 2.05) is 0 Å². The van der Waals surface area contributed by atoms with Gasteiger partial charge in [0.1, 0.15) is 0 Å². The van der Waals surface area contributed by atoms with E-state index in [4.69, 9.17) is 5.73 Å². The van der Waals surface area contributed by atoms with Gasteiger partial charge < -0.3 is 5.73 Å². The smallest absolute Gasteiger partial charge is 0.326 e. The molecular formula is C11H13F3N2O2S. The first-order valence-corrected chi connectivity index (χ1v) is 7.09. The molecule has 0 saturated carbocycles. The molecule has 1 aromatic carbocycles. The van der Waals surface area contributed by atoms with Gasteiger partial charge in [-0.25, -0.2) is 8.42 Å². The van der Waals surface area contributed by atoms with Crippen LogP contribution in [0.25, 0.3) is 0 Å². The van der Waals surface area contributed by atoms with Crippen molar-refractivity contribution in [1.29, 1.82) is 0 Å². The number of hydrogen-bond acceptors (Lipinski definition) is 3. The van der Waals surface area contributed by atoms with Crippen molar-refractivity contribution in [3.63, 3.8) is 0 Å². The quantitative estimate of drug-likeness (QED) is 0.897. The first-order valence-electron chi connectivity index (χ1n) is 5.65. The molecule has 0 unspecified atom stereocenters. The molecule has 0 spiro atoms. The van der Waals surface area contributed by atoms with Crippen LogP contribution >= 0.6 is 0 Å². The summed E-state index contributed by atoms with van der Waals surface area (Å²) in [6, 6.07) is 3.86. The molecule has 4 nitrogen and oxygen atoms in total. The second-order valence-corrected chi connectivity index (χ2v) is 6.31. The Kier molecular flexibility index (Phi) is 3.59. The highest BCUT2D eigenvalue weighted by Crippen LogP contribution is 2.35. The van der Waals surface area contributed by atoms with Gasteiger partial charge in [0.05, 0.1) is 10.5 Å². The van der Waals surface area contributed by atoms with E-state index >= 15 is 0 Å². The van der Waals surface area contributed by atoms with Crippen molar-refractivity contribution in [1.82, 2.24) is 4.31 Å². The summed E-state index contributed by atoms with van der Waals surface area (Å²) in [5, 5.41) is 0. The Balaban J connectivity index is 2.47. The molecular weight excluding hydrogens is 281 g/mol. The van der Waals surface area contributed by atoms with Crippen molar-refractivity contribution in [2.45, 2.75) is 23.5 Å². The largest absolute Gasteiger partial charge is 0.417 e.